The van der Waals surface area contributed by atoms with E-state index >= 15 is 0 Å². The minimum absolute atomic E-state index is 0.0224. The summed E-state index contributed by atoms with van der Waals surface area (Å²) in [5, 5.41) is 0. The lowest BCUT2D eigenvalue weighted by molar-refractivity contribution is -0.338. The topological polar surface area (TPSA) is 63.2 Å². The molecule has 0 bridgehead atoms. The zero-order chi connectivity index (χ0) is 14.5. The number of esters is 1. The molecule has 0 aromatic rings. The van der Waals surface area contributed by atoms with Crippen LogP contribution in [0.25, 0.3) is 0 Å². The average Bonchev–Trinajstić information content (AvgIpc) is 3.09. The Hall–Kier alpha value is -0.690. The molecule has 2 aliphatic heterocycles. The molecule has 0 spiro atoms. The summed E-state index contributed by atoms with van der Waals surface area (Å²) in [5.41, 5.74) is 0. The number of methoxy groups -OCH3 is 1. The SMILES string of the molecule is CCOC(=O)C1C2O[C@@H]3COC(C)(C)O[C@H]3[C@H](OC)C21. The van der Waals surface area contributed by atoms with Crippen LogP contribution >= 0.6 is 0 Å². The number of hydrogen-bond acceptors (Lipinski definition) is 6. The highest BCUT2D eigenvalue weighted by molar-refractivity contribution is 5.77. The summed E-state index contributed by atoms with van der Waals surface area (Å²) in [7, 11) is 1.65. The predicted molar refractivity (Wildman–Crippen MR) is 68.0 cm³/mol. The largest absolute Gasteiger partial charge is 0.466 e. The van der Waals surface area contributed by atoms with Crippen LogP contribution in [0, 0.1) is 11.8 Å². The van der Waals surface area contributed by atoms with Gasteiger partial charge in [-0.15, -0.1) is 0 Å². The molecule has 2 saturated heterocycles. The molecule has 3 fully saturated rings. The molecular formula is C14H22O6. The van der Waals surface area contributed by atoms with Crippen LogP contribution in [0.4, 0.5) is 0 Å². The van der Waals surface area contributed by atoms with E-state index in [1.54, 1.807) is 14.0 Å². The molecule has 3 rings (SSSR count). The van der Waals surface area contributed by atoms with Crippen molar-refractivity contribution >= 4 is 5.97 Å². The third-order valence-corrected chi connectivity index (χ3v) is 4.25. The third-order valence-electron chi connectivity index (χ3n) is 4.25. The lowest BCUT2D eigenvalue weighted by atomic mass is 9.99. The molecular weight excluding hydrogens is 264 g/mol. The second kappa shape index (κ2) is 4.94. The molecule has 1 aliphatic carbocycles. The molecule has 2 heterocycles. The number of hydrogen-bond donors (Lipinski definition) is 0. The number of fused-ring (bicyclic) bond motifs is 2. The molecule has 0 aromatic heterocycles. The van der Waals surface area contributed by atoms with Crippen molar-refractivity contribution in [3.05, 3.63) is 0 Å². The molecule has 6 nitrogen and oxygen atoms in total. The summed E-state index contributed by atoms with van der Waals surface area (Å²) < 4.78 is 28.2. The Labute approximate surface area is 118 Å². The van der Waals surface area contributed by atoms with Gasteiger partial charge in [0.25, 0.3) is 0 Å². The fraction of sp³-hybridized carbons (Fsp3) is 0.929. The van der Waals surface area contributed by atoms with E-state index < -0.39 is 5.79 Å². The third kappa shape index (κ3) is 2.24. The van der Waals surface area contributed by atoms with Gasteiger partial charge in [0.2, 0.25) is 0 Å². The summed E-state index contributed by atoms with van der Waals surface area (Å²) in [6.45, 7) is 6.38. The van der Waals surface area contributed by atoms with Crippen LogP contribution in [0.1, 0.15) is 20.8 Å². The van der Waals surface area contributed by atoms with E-state index in [0.29, 0.717) is 13.2 Å². The highest BCUT2D eigenvalue weighted by Crippen LogP contribution is 2.53. The van der Waals surface area contributed by atoms with Gasteiger partial charge in [-0.3, -0.25) is 4.79 Å². The van der Waals surface area contributed by atoms with Crippen molar-refractivity contribution in [1.29, 1.82) is 0 Å². The Morgan fingerprint density at radius 3 is 2.75 bits per heavy atom. The fourth-order valence-electron chi connectivity index (χ4n) is 3.32. The maximum absolute atomic E-state index is 11.9. The normalized spacial score (nSPS) is 45.2. The molecule has 0 N–H and O–H groups in total. The van der Waals surface area contributed by atoms with Crippen LogP contribution in [-0.4, -0.2) is 56.5 Å². The van der Waals surface area contributed by atoms with Gasteiger partial charge in [-0.05, 0) is 20.8 Å². The van der Waals surface area contributed by atoms with Crippen LogP contribution in [0.5, 0.6) is 0 Å². The summed E-state index contributed by atoms with van der Waals surface area (Å²) >= 11 is 0. The zero-order valence-corrected chi connectivity index (χ0v) is 12.3. The van der Waals surface area contributed by atoms with Gasteiger partial charge in [0.15, 0.2) is 5.79 Å². The van der Waals surface area contributed by atoms with Crippen molar-refractivity contribution in [2.45, 2.75) is 51.0 Å². The van der Waals surface area contributed by atoms with Crippen molar-refractivity contribution < 1.29 is 28.5 Å². The van der Waals surface area contributed by atoms with E-state index in [4.69, 9.17) is 23.7 Å². The first-order valence-electron chi connectivity index (χ1n) is 7.15. The van der Waals surface area contributed by atoms with Gasteiger partial charge in [0.05, 0.1) is 31.3 Å². The van der Waals surface area contributed by atoms with Crippen LogP contribution in [0.15, 0.2) is 0 Å². The first-order valence-corrected chi connectivity index (χ1v) is 7.15. The van der Waals surface area contributed by atoms with E-state index in [1.807, 2.05) is 13.8 Å². The fourth-order valence-corrected chi connectivity index (χ4v) is 3.32. The van der Waals surface area contributed by atoms with E-state index in [2.05, 4.69) is 0 Å². The summed E-state index contributed by atoms with van der Waals surface area (Å²) in [6, 6.07) is 0. The summed E-state index contributed by atoms with van der Waals surface area (Å²) in [4.78, 5) is 11.9. The maximum atomic E-state index is 11.9. The number of ether oxygens (including phenoxy) is 5. The maximum Gasteiger partial charge on any atom is 0.312 e. The molecule has 3 unspecified atom stereocenters. The summed E-state index contributed by atoms with van der Waals surface area (Å²) in [5.74, 6) is -1.07. The smallest absolute Gasteiger partial charge is 0.312 e. The molecule has 6 heteroatoms. The predicted octanol–water partition coefficient (Wildman–Crippen LogP) is 0.729. The molecule has 3 aliphatic rings. The van der Waals surface area contributed by atoms with E-state index in [-0.39, 0.29) is 42.2 Å². The van der Waals surface area contributed by atoms with Crippen molar-refractivity contribution in [1.82, 2.24) is 0 Å². The second-order valence-electron chi connectivity index (χ2n) is 5.99. The van der Waals surface area contributed by atoms with E-state index in [1.165, 1.54) is 0 Å². The quantitative estimate of drug-likeness (QED) is 0.713. The standard InChI is InChI=1S/C14H22O6/c1-5-17-13(15)9-8-11(9)19-7-6-18-14(2,3)20-10(7)12(8)16-4/h7-12H,5-6H2,1-4H3/t7-,8?,9?,10-,11?,12-/m1/s1. The Balaban J connectivity index is 1.75. The van der Waals surface area contributed by atoms with E-state index in [9.17, 15) is 4.79 Å². The Kier molecular flexibility index (Phi) is 3.52. The van der Waals surface area contributed by atoms with Gasteiger partial charge >= 0.3 is 5.97 Å². The molecule has 114 valence electrons. The van der Waals surface area contributed by atoms with Crippen LogP contribution < -0.4 is 0 Å². The molecule has 0 amide bonds. The molecule has 20 heavy (non-hydrogen) atoms. The van der Waals surface area contributed by atoms with Crippen molar-refractivity contribution in [2.75, 3.05) is 20.3 Å². The number of rotatable bonds is 3. The lowest BCUT2D eigenvalue weighted by Crippen LogP contribution is -2.58. The van der Waals surface area contributed by atoms with Gasteiger partial charge in [0.1, 0.15) is 12.2 Å². The van der Waals surface area contributed by atoms with Gasteiger partial charge in [-0.25, -0.2) is 0 Å². The van der Waals surface area contributed by atoms with Gasteiger partial charge < -0.3 is 23.7 Å². The highest BCUT2D eigenvalue weighted by atomic mass is 16.7. The van der Waals surface area contributed by atoms with Gasteiger partial charge in [0, 0.05) is 13.0 Å². The molecule has 1 saturated carbocycles. The van der Waals surface area contributed by atoms with Crippen molar-refractivity contribution in [3.63, 3.8) is 0 Å². The Morgan fingerprint density at radius 1 is 1.35 bits per heavy atom. The monoisotopic (exact) mass is 286 g/mol. The minimum Gasteiger partial charge on any atom is -0.466 e. The Bertz CT molecular complexity index is 395. The van der Waals surface area contributed by atoms with Crippen LogP contribution in [-0.2, 0) is 28.5 Å². The molecule has 0 radical (unpaired) electrons. The van der Waals surface area contributed by atoms with Gasteiger partial charge in [-0.2, -0.15) is 0 Å². The Morgan fingerprint density at radius 2 is 2.10 bits per heavy atom. The summed E-state index contributed by atoms with van der Waals surface area (Å²) in [6.07, 6.45) is -0.678. The minimum atomic E-state index is -0.650. The van der Waals surface area contributed by atoms with E-state index in [0.717, 1.165) is 0 Å². The zero-order valence-electron chi connectivity index (χ0n) is 12.3. The van der Waals surface area contributed by atoms with Gasteiger partial charge in [-0.1, -0.05) is 0 Å². The average molecular weight is 286 g/mol. The van der Waals surface area contributed by atoms with Crippen LogP contribution in [0.2, 0.25) is 0 Å². The van der Waals surface area contributed by atoms with Crippen molar-refractivity contribution in [3.8, 4) is 0 Å². The molecule has 6 atom stereocenters. The molecule has 0 aromatic carbocycles. The highest BCUT2D eigenvalue weighted by Gasteiger charge is 2.68. The van der Waals surface area contributed by atoms with Crippen LogP contribution in [0.3, 0.4) is 0 Å². The van der Waals surface area contributed by atoms with Crippen molar-refractivity contribution in [2.24, 2.45) is 11.8 Å². The second-order valence-corrected chi connectivity index (χ2v) is 5.99. The number of carbonyl (C=O) groups excluding carboxylic acids is 1. The first-order chi connectivity index (χ1) is 9.48. The number of carbonyl (C=O) groups is 1. The first kappa shape index (κ1) is 14.3. The lowest BCUT2D eigenvalue weighted by Gasteiger charge is -2.45.